The van der Waals surface area contributed by atoms with Gasteiger partial charge in [-0.25, -0.2) is 0 Å². The highest BCUT2D eigenvalue weighted by atomic mass is 16.5. The third-order valence-corrected chi connectivity index (χ3v) is 5.03. The number of hydrogen-bond acceptors (Lipinski definition) is 3. The smallest absolute Gasteiger partial charge is 0.239 e. The molecule has 0 radical (unpaired) electrons. The van der Waals surface area contributed by atoms with Crippen molar-refractivity contribution in [2.24, 2.45) is 5.92 Å². The van der Waals surface area contributed by atoms with Crippen molar-refractivity contribution in [2.75, 3.05) is 33.4 Å². The molecule has 1 aromatic rings. The Morgan fingerprint density at radius 2 is 2.18 bits per heavy atom. The average Bonchev–Trinajstić information content (AvgIpc) is 3.06. The van der Waals surface area contributed by atoms with Crippen molar-refractivity contribution in [3.63, 3.8) is 0 Å². The van der Waals surface area contributed by atoms with E-state index in [0.717, 1.165) is 45.7 Å². The molecule has 2 aliphatic rings. The number of amides is 1. The summed E-state index contributed by atoms with van der Waals surface area (Å²) in [5.74, 6) is 0.818. The summed E-state index contributed by atoms with van der Waals surface area (Å²) in [5.41, 5.74) is 2.68. The Kier molecular flexibility index (Phi) is 4.79. The minimum atomic E-state index is -0.0640. The molecule has 3 rings (SSSR count). The van der Waals surface area contributed by atoms with Crippen LogP contribution in [0.3, 0.4) is 0 Å². The molecule has 0 aromatic heterocycles. The van der Waals surface area contributed by atoms with Gasteiger partial charge in [-0.2, -0.15) is 0 Å². The van der Waals surface area contributed by atoms with Crippen molar-refractivity contribution < 1.29 is 9.53 Å². The largest absolute Gasteiger partial charge is 0.381 e. The fourth-order valence-electron chi connectivity index (χ4n) is 3.43. The van der Waals surface area contributed by atoms with Gasteiger partial charge in [-0.1, -0.05) is 24.3 Å². The van der Waals surface area contributed by atoms with Crippen LogP contribution in [0.4, 0.5) is 0 Å². The summed E-state index contributed by atoms with van der Waals surface area (Å²) in [4.78, 5) is 17.0. The van der Waals surface area contributed by atoms with Gasteiger partial charge in [0.1, 0.15) is 0 Å². The zero-order valence-electron chi connectivity index (χ0n) is 13.6. The maximum absolute atomic E-state index is 12.8. The first kappa shape index (κ1) is 15.5. The number of rotatable bonds is 4. The number of carbonyl (C=O) groups is 1. The molecule has 1 fully saturated rings. The lowest BCUT2D eigenvalue weighted by molar-refractivity contribution is -0.137. The van der Waals surface area contributed by atoms with Gasteiger partial charge >= 0.3 is 0 Å². The molecular weight excluding hydrogens is 276 g/mol. The number of fused-ring (bicyclic) bond motifs is 1. The quantitative estimate of drug-likeness (QED) is 0.852. The second-order valence-electron chi connectivity index (χ2n) is 6.62. The fraction of sp³-hybridized carbons (Fsp3) is 0.611. The van der Waals surface area contributed by atoms with Gasteiger partial charge in [0.2, 0.25) is 5.91 Å². The molecule has 0 aliphatic carbocycles. The van der Waals surface area contributed by atoms with E-state index in [2.05, 4.69) is 36.2 Å². The third kappa shape index (κ3) is 3.33. The Morgan fingerprint density at radius 1 is 1.41 bits per heavy atom. The highest BCUT2D eigenvalue weighted by molar-refractivity contribution is 5.81. The number of ether oxygens (including phenoxy) is 1. The number of carbonyl (C=O) groups excluding carboxylic acids is 1. The molecule has 2 heterocycles. The maximum atomic E-state index is 12.8. The molecule has 1 aromatic carbocycles. The summed E-state index contributed by atoms with van der Waals surface area (Å²) >= 11 is 0. The molecule has 1 amide bonds. The molecule has 2 atom stereocenters. The van der Waals surface area contributed by atoms with Crippen LogP contribution in [0.1, 0.15) is 24.5 Å². The number of hydrogen-bond donors (Lipinski definition) is 0. The number of nitrogens with zero attached hydrogens (tertiary/aromatic N) is 2. The molecular formula is C18H26N2O2. The Hall–Kier alpha value is -1.39. The number of benzene rings is 1. The number of likely N-dealkylation sites (N-methyl/N-ethyl adjacent to an activating group) is 1. The van der Waals surface area contributed by atoms with Crippen molar-refractivity contribution in [3.8, 4) is 0 Å². The summed E-state index contributed by atoms with van der Waals surface area (Å²) < 4.78 is 5.43. The maximum Gasteiger partial charge on any atom is 0.239 e. The predicted molar refractivity (Wildman–Crippen MR) is 86.6 cm³/mol. The van der Waals surface area contributed by atoms with E-state index < -0.39 is 0 Å². The van der Waals surface area contributed by atoms with Crippen LogP contribution in [0.25, 0.3) is 0 Å². The predicted octanol–water partition coefficient (Wildman–Crippen LogP) is 1.93. The van der Waals surface area contributed by atoms with E-state index >= 15 is 0 Å². The summed E-state index contributed by atoms with van der Waals surface area (Å²) in [6.45, 7) is 6.25. The van der Waals surface area contributed by atoms with Crippen LogP contribution < -0.4 is 0 Å². The normalized spacial score (nSPS) is 22.7. The van der Waals surface area contributed by atoms with E-state index in [-0.39, 0.29) is 11.9 Å². The molecule has 22 heavy (non-hydrogen) atoms. The first-order chi connectivity index (χ1) is 10.6. The molecule has 0 bridgehead atoms. The molecule has 0 N–H and O–H groups in total. The topological polar surface area (TPSA) is 32.8 Å². The first-order valence-corrected chi connectivity index (χ1v) is 8.28. The van der Waals surface area contributed by atoms with Crippen molar-refractivity contribution in [3.05, 3.63) is 35.4 Å². The molecule has 2 aliphatic heterocycles. The monoisotopic (exact) mass is 302 g/mol. The van der Waals surface area contributed by atoms with Crippen LogP contribution in [0.15, 0.2) is 24.3 Å². The van der Waals surface area contributed by atoms with Gasteiger partial charge in [-0.3, -0.25) is 9.69 Å². The van der Waals surface area contributed by atoms with Crippen LogP contribution in [0.5, 0.6) is 0 Å². The molecule has 4 nitrogen and oxygen atoms in total. The van der Waals surface area contributed by atoms with E-state index in [9.17, 15) is 4.79 Å². The molecule has 2 unspecified atom stereocenters. The van der Waals surface area contributed by atoms with E-state index in [0.29, 0.717) is 5.92 Å². The summed E-state index contributed by atoms with van der Waals surface area (Å²) in [5, 5.41) is 0. The van der Waals surface area contributed by atoms with Crippen LogP contribution in [-0.4, -0.2) is 55.1 Å². The lowest BCUT2D eigenvalue weighted by Crippen LogP contribution is -2.48. The van der Waals surface area contributed by atoms with Crippen molar-refractivity contribution in [2.45, 2.75) is 32.4 Å². The third-order valence-electron chi connectivity index (χ3n) is 5.03. The van der Waals surface area contributed by atoms with Crippen molar-refractivity contribution in [1.82, 2.24) is 9.80 Å². The minimum Gasteiger partial charge on any atom is -0.381 e. The Balaban J connectivity index is 1.59. The van der Waals surface area contributed by atoms with Gasteiger partial charge in [0.25, 0.3) is 0 Å². The second-order valence-corrected chi connectivity index (χ2v) is 6.62. The fourth-order valence-corrected chi connectivity index (χ4v) is 3.43. The van der Waals surface area contributed by atoms with Gasteiger partial charge in [-0.15, -0.1) is 0 Å². The SMILES string of the molecule is CC(C(=O)N1CCc2ccccc2C1)N(C)CC1CCOC1. The Bertz CT molecular complexity index is 526. The van der Waals surface area contributed by atoms with Crippen LogP contribution in [-0.2, 0) is 22.5 Å². The lowest BCUT2D eigenvalue weighted by atomic mass is 9.99. The van der Waals surface area contributed by atoms with Crippen molar-refractivity contribution in [1.29, 1.82) is 0 Å². The van der Waals surface area contributed by atoms with Crippen LogP contribution in [0.2, 0.25) is 0 Å². The molecule has 4 heteroatoms. The van der Waals surface area contributed by atoms with E-state index in [4.69, 9.17) is 4.74 Å². The first-order valence-electron chi connectivity index (χ1n) is 8.28. The van der Waals surface area contributed by atoms with Gasteiger partial charge < -0.3 is 9.64 Å². The minimum absolute atomic E-state index is 0.0640. The van der Waals surface area contributed by atoms with Gasteiger partial charge in [-0.05, 0) is 43.9 Å². The van der Waals surface area contributed by atoms with Gasteiger partial charge in [0, 0.05) is 26.2 Å². The highest BCUT2D eigenvalue weighted by Crippen LogP contribution is 2.20. The Morgan fingerprint density at radius 3 is 2.91 bits per heavy atom. The summed E-state index contributed by atoms with van der Waals surface area (Å²) in [7, 11) is 2.05. The molecule has 120 valence electrons. The Labute approximate surface area is 133 Å². The van der Waals surface area contributed by atoms with Gasteiger partial charge in [0.15, 0.2) is 0 Å². The molecule has 0 saturated carbocycles. The standard InChI is InChI=1S/C18H26N2O2/c1-14(19(2)11-15-8-10-22-13-15)18(21)20-9-7-16-5-3-4-6-17(16)12-20/h3-6,14-15H,7-13H2,1-2H3. The lowest BCUT2D eigenvalue weighted by Gasteiger charge is -2.34. The van der Waals surface area contributed by atoms with Crippen molar-refractivity contribution >= 4 is 5.91 Å². The zero-order valence-corrected chi connectivity index (χ0v) is 13.6. The van der Waals surface area contributed by atoms with Crippen LogP contribution >= 0.6 is 0 Å². The average molecular weight is 302 g/mol. The van der Waals surface area contributed by atoms with E-state index in [1.54, 1.807) is 0 Å². The van der Waals surface area contributed by atoms with E-state index in [1.165, 1.54) is 11.1 Å². The summed E-state index contributed by atoms with van der Waals surface area (Å²) in [6.07, 6.45) is 2.08. The van der Waals surface area contributed by atoms with E-state index in [1.807, 2.05) is 11.8 Å². The molecule has 1 saturated heterocycles. The second kappa shape index (κ2) is 6.80. The zero-order chi connectivity index (χ0) is 15.5. The van der Waals surface area contributed by atoms with Crippen LogP contribution in [0, 0.1) is 5.92 Å². The highest BCUT2D eigenvalue weighted by Gasteiger charge is 2.28. The molecule has 0 spiro atoms. The van der Waals surface area contributed by atoms with Gasteiger partial charge in [0.05, 0.1) is 12.6 Å². The summed E-state index contributed by atoms with van der Waals surface area (Å²) in [6, 6.07) is 8.39.